The van der Waals surface area contributed by atoms with Crippen LogP contribution in [0.1, 0.15) is 13.8 Å². The highest BCUT2D eigenvalue weighted by atomic mass is 19.1. The molecule has 0 aliphatic carbocycles. The molecular formula is C6H10FNO. The van der Waals surface area contributed by atoms with Crippen molar-refractivity contribution in [2.24, 2.45) is 5.92 Å². The van der Waals surface area contributed by atoms with Crippen molar-refractivity contribution in [3.8, 4) is 0 Å². The van der Waals surface area contributed by atoms with E-state index in [4.69, 9.17) is 0 Å². The van der Waals surface area contributed by atoms with E-state index < -0.39 is 11.6 Å². The lowest BCUT2D eigenvalue weighted by Gasteiger charge is -2.13. The van der Waals surface area contributed by atoms with Gasteiger partial charge in [0.1, 0.15) is 0 Å². The van der Waals surface area contributed by atoms with Gasteiger partial charge in [0.05, 0.1) is 0 Å². The Hall–Kier alpha value is -0.600. The van der Waals surface area contributed by atoms with Gasteiger partial charge in [-0.25, -0.2) is 4.39 Å². The van der Waals surface area contributed by atoms with Crippen LogP contribution in [0, 0.1) is 5.92 Å². The Kier molecular flexibility index (Phi) is 1.22. The summed E-state index contributed by atoms with van der Waals surface area (Å²) in [6.07, 6.45) is 0. The third-order valence-corrected chi connectivity index (χ3v) is 1.94. The Morgan fingerprint density at radius 1 is 1.89 bits per heavy atom. The molecule has 0 saturated carbocycles. The van der Waals surface area contributed by atoms with Crippen molar-refractivity contribution in [2.45, 2.75) is 19.5 Å². The van der Waals surface area contributed by atoms with Crippen LogP contribution in [0.3, 0.4) is 0 Å². The molecule has 0 radical (unpaired) electrons. The molecule has 1 amide bonds. The van der Waals surface area contributed by atoms with Gasteiger partial charge < -0.3 is 5.32 Å². The molecule has 9 heavy (non-hydrogen) atoms. The second kappa shape index (κ2) is 1.69. The summed E-state index contributed by atoms with van der Waals surface area (Å²) in [4.78, 5) is 10.6. The summed E-state index contributed by atoms with van der Waals surface area (Å²) in [5, 5.41) is 2.45. The number of halogens is 1. The molecule has 0 unspecified atom stereocenters. The first-order chi connectivity index (χ1) is 4.05. The van der Waals surface area contributed by atoms with E-state index in [1.807, 2.05) is 0 Å². The Balaban J connectivity index is 2.78. The van der Waals surface area contributed by atoms with Gasteiger partial charge in [-0.05, 0) is 6.92 Å². The largest absolute Gasteiger partial charge is 0.353 e. The molecule has 1 fully saturated rings. The molecule has 0 aromatic carbocycles. The molecule has 1 rings (SSSR count). The van der Waals surface area contributed by atoms with Gasteiger partial charge in [-0.3, -0.25) is 4.79 Å². The monoisotopic (exact) mass is 131 g/mol. The van der Waals surface area contributed by atoms with Crippen LogP contribution < -0.4 is 5.32 Å². The molecule has 3 heteroatoms. The van der Waals surface area contributed by atoms with E-state index in [1.165, 1.54) is 6.92 Å². The first-order valence-corrected chi connectivity index (χ1v) is 3.02. The highest BCUT2D eigenvalue weighted by Gasteiger charge is 2.44. The van der Waals surface area contributed by atoms with Crippen molar-refractivity contribution in [2.75, 3.05) is 6.54 Å². The summed E-state index contributed by atoms with van der Waals surface area (Å²) in [6, 6.07) is 0. The zero-order valence-electron chi connectivity index (χ0n) is 5.57. The number of hydrogen-bond acceptors (Lipinski definition) is 1. The van der Waals surface area contributed by atoms with Crippen LogP contribution in [-0.2, 0) is 4.79 Å². The maximum absolute atomic E-state index is 13.0. The number of hydrogen-bond donors (Lipinski definition) is 1. The van der Waals surface area contributed by atoms with Crippen molar-refractivity contribution in [3.05, 3.63) is 0 Å². The van der Waals surface area contributed by atoms with Crippen molar-refractivity contribution in [1.82, 2.24) is 5.32 Å². The molecule has 0 spiro atoms. The number of amides is 1. The Morgan fingerprint density at radius 2 is 2.44 bits per heavy atom. The molecule has 2 nitrogen and oxygen atoms in total. The molecule has 1 aliphatic heterocycles. The average molecular weight is 131 g/mol. The summed E-state index contributed by atoms with van der Waals surface area (Å²) < 4.78 is 13.0. The highest BCUT2D eigenvalue weighted by molar-refractivity contribution is 5.87. The van der Waals surface area contributed by atoms with E-state index in [1.54, 1.807) is 6.92 Å². The van der Waals surface area contributed by atoms with Crippen molar-refractivity contribution in [3.63, 3.8) is 0 Å². The molecule has 1 heterocycles. The molecule has 52 valence electrons. The summed E-state index contributed by atoms with van der Waals surface area (Å²) in [7, 11) is 0. The summed E-state index contributed by atoms with van der Waals surface area (Å²) >= 11 is 0. The lowest BCUT2D eigenvalue weighted by atomic mass is 9.97. The summed E-state index contributed by atoms with van der Waals surface area (Å²) in [6.45, 7) is 3.50. The van der Waals surface area contributed by atoms with Crippen LogP contribution in [0.2, 0.25) is 0 Å². The molecule has 2 atom stereocenters. The second-order valence-corrected chi connectivity index (χ2v) is 2.69. The zero-order valence-corrected chi connectivity index (χ0v) is 5.57. The van der Waals surface area contributed by atoms with Gasteiger partial charge in [0.15, 0.2) is 5.67 Å². The predicted octanol–water partition coefficient (Wildman–Crippen LogP) is 0.481. The number of carbonyl (C=O) groups is 1. The van der Waals surface area contributed by atoms with Crippen LogP contribution >= 0.6 is 0 Å². The standard InChI is InChI=1S/C6H10FNO/c1-4-3-8-5(9)6(4,2)7/h4H,3H2,1-2H3,(H,8,9)/t4-,6-/m0/s1. The minimum atomic E-state index is -1.64. The van der Waals surface area contributed by atoms with E-state index in [-0.39, 0.29) is 5.92 Å². The molecule has 1 aliphatic rings. The molecule has 0 bridgehead atoms. The predicted molar refractivity (Wildman–Crippen MR) is 31.7 cm³/mol. The minimum Gasteiger partial charge on any atom is -0.353 e. The summed E-state index contributed by atoms with van der Waals surface area (Å²) in [5.74, 6) is -0.667. The average Bonchev–Trinajstić information content (AvgIpc) is 1.96. The maximum atomic E-state index is 13.0. The third-order valence-electron chi connectivity index (χ3n) is 1.94. The van der Waals surface area contributed by atoms with E-state index in [0.29, 0.717) is 6.54 Å². The van der Waals surface area contributed by atoms with Gasteiger partial charge in [-0.2, -0.15) is 0 Å². The number of carbonyl (C=O) groups excluding carboxylic acids is 1. The SMILES string of the molecule is C[C@H]1CNC(=O)[C@@]1(C)F. The van der Waals surface area contributed by atoms with Crippen LogP contribution in [0.5, 0.6) is 0 Å². The molecule has 1 N–H and O–H groups in total. The molecule has 0 aromatic rings. The lowest BCUT2D eigenvalue weighted by Crippen LogP contribution is -2.33. The first kappa shape index (κ1) is 6.52. The minimum absolute atomic E-state index is 0.190. The van der Waals surface area contributed by atoms with E-state index in [2.05, 4.69) is 5.32 Å². The fraction of sp³-hybridized carbons (Fsp3) is 0.833. The quantitative estimate of drug-likeness (QED) is 0.509. The Bertz CT molecular complexity index is 144. The van der Waals surface area contributed by atoms with Crippen molar-refractivity contribution >= 4 is 5.91 Å². The second-order valence-electron chi connectivity index (χ2n) is 2.69. The molecule has 0 aromatic heterocycles. The third kappa shape index (κ3) is 0.802. The van der Waals surface area contributed by atoms with Gasteiger partial charge in [0.2, 0.25) is 0 Å². The highest BCUT2D eigenvalue weighted by Crippen LogP contribution is 2.25. The maximum Gasteiger partial charge on any atom is 0.257 e. The van der Waals surface area contributed by atoms with E-state index >= 15 is 0 Å². The fourth-order valence-corrected chi connectivity index (χ4v) is 0.834. The normalized spacial score (nSPS) is 43.0. The first-order valence-electron chi connectivity index (χ1n) is 3.02. The number of rotatable bonds is 0. The van der Waals surface area contributed by atoms with Gasteiger partial charge in [-0.15, -0.1) is 0 Å². The lowest BCUT2D eigenvalue weighted by molar-refractivity contribution is -0.129. The van der Waals surface area contributed by atoms with E-state index in [0.717, 1.165) is 0 Å². The van der Waals surface area contributed by atoms with Gasteiger partial charge in [-0.1, -0.05) is 6.92 Å². The van der Waals surface area contributed by atoms with Crippen LogP contribution in [0.15, 0.2) is 0 Å². The molecule has 1 saturated heterocycles. The molecular weight excluding hydrogens is 121 g/mol. The van der Waals surface area contributed by atoms with Crippen LogP contribution in [0.4, 0.5) is 4.39 Å². The smallest absolute Gasteiger partial charge is 0.257 e. The summed E-state index contributed by atoms with van der Waals surface area (Å²) in [5.41, 5.74) is -1.64. The van der Waals surface area contributed by atoms with Crippen LogP contribution in [-0.4, -0.2) is 18.1 Å². The number of alkyl halides is 1. The van der Waals surface area contributed by atoms with Crippen molar-refractivity contribution in [1.29, 1.82) is 0 Å². The Morgan fingerprint density at radius 3 is 2.56 bits per heavy atom. The van der Waals surface area contributed by atoms with Gasteiger partial charge in [0, 0.05) is 12.5 Å². The topological polar surface area (TPSA) is 29.1 Å². The zero-order chi connectivity index (χ0) is 7.07. The van der Waals surface area contributed by atoms with Crippen LogP contribution in [0.25, 0.3) is 0 Å². The Labute approximate surface area is 53.4 Å². The van der Waals surface area contributed by atoms with Gasteiger partial charge >= 0.3 is 0 Å². The van der Waals surface area contributed by atoms with E-state index in [9.17, 15) is 9.18 Å². The fourth-order valence-electron chi connectivity index (χ4n) is 0.834. The van der Waals surface area contributed by atoms with Gasteiger partial charge in [0.25, 0.3) is 5.91 Å². The van der Waals surface area contributed by atoms with Crippen molar-refractivity contribution < 1.29 is 9.18 Å². The number of nitrogens with one attached hydrogen (secondary N) is 1.